The first-order valence-corrected chi connectivity index (χ1v) is 10.2. The summed E-state index contributed by atoms with van der Waals surface area (Å²) in [6, 6.07) is 28.9. The van der Waals surface area contributed by atoms with Crippen molar-refractivity contribution in [3.05, 3.63) is 102 Å². The van der Waals surface area contributed by atoms with Gasteiger partial charge in [-0.3, -0.25) is 15.1 Å². The zero-order valence-corrected chi connectivity index (χ0v) is 16.8. The van der Waals surface area contributed by atoms with Gasteiger partial charge in [0, 0.05) is 11.3 Å². The maximum atomic E-state index is 13.4. The van der Waals surface area contributed by atoms with Crippen LogP contribution in [0.25, 0.3) is 0 Å². The van der Waals surface area contributed by atoms with Gasteiger partial charge in [0.1, 0.15) is 9.70 Å². The van der Waals surface area contributed by atoms with E-state index >= 15 is 0 Å². The summed E-state index contributed by atoms with van der Waals surface area (Å²) in [6.07, 6.45) is 0. The summed E-state index contributed by atoms with van der Waals surface area (Å²) >= 11 is 5.19. The summed E-state index contributed by atoms with van der Waals surface area (Å²) in [4.78, 5) is 15.3. The van der Waals surface area contributed by atoms with Crippen molar-refractivity contribution in [2.75, 3.05) is 4.90 Å². The van der Waals surface area contributed by atoms with Crippen LogP contribution in [-0.4, -0.2) is 16.2 Å². The Morgan fingerprint density at radius 1 is 0.889 bits per heavy atom. The number of Topliss-reactive ketones (excluding diaryl/α,β-unsaturated/α-hetero) is 1. The van der Waals surface area contributed by atoms with E-state index in [-0.39, 0.29) is 5.78 Å². The highest BCUT2D eigenvalue weighted by atomic mass is 79.9. The van der Waals surface area contributed by atoms with Crippen LogP contribution in [0.2, 0.25) is 0 Å². The minimum atomic E-state index is -0.843. The second-order valence-electron chi connectivity index (χ2n) is 6.24. The number of carbonyl (C=O) groups excluding carboxylic acids is 1. The van der Waals surface area contributed by atoms with E-state index in [1.165, 1.54) is 11.8 Å². The van der Waals surface area contributed by atoms with Gasteiger partial charge in [0.25, 0.3) is 0 Å². The summed E-state index contributed by atoms with van der Waals surface area (Å²) in [5.74, 6) is 0.00418. The lowest BCUT2D eigenvalue weighted by Gasteiger charge is -2.37. The third kappa shape index (κ3) is 3.11. The first-order chi connectivity index (χ1) is 13.1. The zero-order chi connectivity index (χ0) is 18.9. The van der Waals surface area contributed by atoms with Crippen molar-refractivity contribution < 1.29 is 4.79 Å². The summed E-state index contributed by atoms with van der Waals surface area (Å²) in [7, 11) is 0. The Hall–Kier alpha value is -2.37. The molecular weight excluding hydrogens is 420 g/mol. The number of alkyl halides is 1. The number of nitrogens with one attached hydrogen (secondary N) is 1. The highest BCUT2D eigenvalue weighted by Gasteiger charge is 2.55. The number of thioether (sulfide) groups is 1. The van der Waals surface area contributed by atoms with E-state index in [1.807, 2.05) is 95.9 Å². The standard InChI is InChI=1S/C22H17BrN2OS/c23-22(17-12-6-2-7-13-17)20(19(26)16-10-4-1-5-11-16)27-21(24)25(22)18-14-8-3-9-15-18/h1-15,20,24H/t20-,22+/m1/s1. The molecule has 0 radical (unpaired) electrons. The Labute approximate surface area is 171 Å². The van der Waals surface area contributed by atoms with E-state index in [4.69, 9.17) is 5.41 Å². The number of ketones is 1. The lowest BCUT2D eigenvalue weighted by molar-refractivity contribution is 0.0979. The number of para-hydroxylation sites is 1. The maximum absolute atomic E-state index is 13.4. The molecule has 0 bridgehead atoms. The predicted molar refractivity (Wildman–Crippen MR) is 116 cm³/mol. The van der Waals surface area contributed by atoms with Crippen molar-refractivity contribution in [2.45, 2.75) is 9.70 Å². The Bertz CT molecular complexity index is 965. The van der Waals surface area contributed by atoms with Crippen LogP contribution in [0.3, 0.4) is 0 Å². The highest BCUT2D eigenvalue weighted by Crippen LogP contribution is 2.53. The van der Waals surface area contributed by atoms with Crippen molar-refractivity contribution in [3.8, 4) is 0 Å². The fraction of sp³-hybridized carbons (Fsp3) is 0.0909. The normalized spacial score (nSPS) is 22.0. The minimum absolute atomic E-state index is 0.00418. The van der Waals surface area contributed by atoms with Crippen LogP contribution in [0, 0.1) is 5.41 Å². The number of amidine groups is 1. The maximum Gasteiger partial charge on any atom is 0.179 e. The quantitative estimate of drug-likeness (QED) is 0.325. The van der Waals surface area contributed by atoms with Crippen molar-refractivity contribution in [2.24, 2.45) is 0 Å². The van der Waals surface area contributed by atoms with Crippen LogP contribution in [0.5, 0.6) is 0 Å². The van der Waals surface area contributed by atoms with Crippen molar-refractivity contribution in [1.29, 1.82) is 5.41 Å². The summed E-state index contributed by atoms with van der Waals surface area (Å²) in [5, 5.41) is 8.49. The molecule has 1 N–H and O–H groups in total. The first kappa shape index (κ1) is 18.0. The Morgan fingerprint density at radius 3 is 2.00 bits per heavy atom. The van der Waals surface area contributed by atoms with Crippen LogP contribution < -0.4 is 4.90 Å². The molecule has 27 heavy (non-hydrogen) atoms. The molecule has 3 nitrogen and oxygen atoms in total. The smallest absolute Gasteiger partial charge is 0.179 e. The van der Waals surface area contributed by atoms with Gasteiger partial charge in [-0.2, -0.15) is 0 Å². The number of carbonyl (C=O) groups is 1. The molecule has 0 aliphatic carbocycles. The fourth-order valence-electron chi connectivity index (χ4n) is 3.32. The third-order valence-corrected chi connectivity index (χ3v) is 7.37. The van der Waals surface area contributed by atoms with Gasteiger partial charge in [-0.1, -0.05) is 107 Å². The van der Waals surface area contributed by atoms with E-state index in [0.717, 1.165) is 11.3 Å². The molecule has 2 atom stereocenters. The zero-order valence-electron chi connectivity index (χ0n) is 14.4. The topological polar surface area (TPSA) is 44.2 Å². The average Bonchev–Trinajstić information content (AvgIpc) is 3.01. The number of rotatable bonds is 4. The molecule has 1 saturated heterocycles. The molecule has 3 aromatic rings. The van der Waals surface area contributed by atoms with Crippen LogP contribution in [0.15, 0.2) is 91.0 Å². The van der Waals surface area contributed by atoms with Crippen LogP contribution >= 0.6 is 27.7 Å². The van der Waals surface area contributed by atoms with Gasteiger partial charge in [0.2, 0.25) is 0 Å². The van der Waals surface area contributed by atoms with E-state index in [1.54, 1.807) is 0 Å². The van der Waals surface area contributed by atoms with Gasteiger partial charge >= 0.3 is 0 Å². The van der Waals surface area contributed by atoms with E-state index in [2.05, 4.69) is 15.9 Å². The van der Waals surface area contributed by atoms with E-state index in [0.29, 0.717) is 10.7 Å². The first-order valence-electron chi connectivity index (χ1n) is 8.56. The predicted octanol–water partition coefficient (Wildman–Crippen LogP) is 5.67. The molecule has 134 valence electrons. The minimum Gasteiger partial charge on any atom is -0.300 e. The largest absolute Gasteiger partial charge is 0.300 e. The van der Waals surface area contributed by atoms with Crippen molar-refractivity contribution in [3.63, 3.8) is 0 Å². The fourth-order valence-corrected chi connectivity index (χ4v) is 5.79. The molecular formula is C22H17BrN2OS. The molecule has 0 spiro atoms. The number of benzene rings is 3. The van der Waals surface area contributed by atoms with Crippen LogP contribution in [0.4, 0.5) is 5.69 Å². The van der Waals surface area contributed by atoms with Crippen LogP contribution in [-0.2, 0) is 4.45 Å². The molecule has 1 heterocycles. The molecule has 0 saturated carbocycles. The Morgan fingerprint density at radius 2 is 1.41 bits per heavy atom. The summed E-state index contributed by atoms with van der Waals surface area (Å²) in [6.45, 7) is 0. The number of hydrogen-bond acceptors (Lipinski definition) is 3. The highest BCUT2D eigenvalue weighted by molar-refractivity contribution is 9.10. The molecule has 1 aliphatic heterocycles. The van der Waals surface area contributed by atoms with E-state index in [9.17, 15) is 4.79 Å². The van der Waals surface area contributed by atoms with Crippen molar-refractivity contribution >= 4 is 44.3 Å². The molecule has 1 aliphatic rings. The molecule has 0 aromatic heterocycles. The molecule has 4 rings (SSSR count). The average molecular weight is 437 g/mol. The van der Waals surface area contributed by atoms with Gasteiger partial charge in [-0.25, -0.2) is 0 Å². The monoisotopic (exact) mass is 436 g/mol. The number of nitrogens with zero attached hydrogens (tertiary/aromatic N) is 1. The van der Waals surface area contributed by atoms with Crippen molar-refractivity contribution in [1.82, 2.24) is 0 Å². The Balaban J connectivity index is 1.87. The van der Waals surface area contributed by atoms with Gasteiger partial charge in [0.15, 0.2) is 11.0 Å². The van der Waals surface area contributed by atoms with Gasteiger partial charge < -0.3 is 0 Å². The SMILES string of the molecule is N=C1S[C@H](C(=O)c2ccccc2)[C@](Br)(c2ccccc2)N1c1ccccc1. The second-order valence-corrected chi connectivity index (χ2v) is 8.55. The van der Waals surface area contributed by atoms with Gasteiger partial charge in [0.05, 0.1) is 0 Å². The summed E-state index contributed by atoms with van der Waals surface area (Å²) < 4.78 is -0.843. The van der Waals surface area contributed by atoms with E-state index < -0.39 is 9.70 Å². The lowest BCUT2D eigenvalue weighted by Crippen LogP contribution is -2.46. The molecule has 1 fully saturated rings. The molecule has 5 heteroatoms. The van der Waals surface area contributed by atoms with Crippen LogP contribution in [0.1, 0.15) is 15.9 Å². The second kappa shape index (κ2) is 7.33. The third-order valence-electron chi connectivity index (χ3n) is 4.59. The molecule has 0 amide bonds. The van der Waals surface area contributed by atoms with Gasteiger partial charge in [-0.05, 0) is 17.7 Å². The lowest BCUT2D eigenvalue weighted by atomic mass is 9.95. The van der Waals surface area contributed by atoms with Gasteiger partial charge in [-0.15, -0.1) is 0 Å². The number of anilines is 1. The summed E-state index contributed by atoms with van der Waals surface area (Å²) in [5.41, 5.74) is 2.47. The number of halogens is 1. The molecule has 3 aromatic carbocycles. The Kier molecular flexibility index (Phi) is 4.89. The molecule has 0 unspecified atom stereocenters. The number of hydrogen-bond donors (Lipinski definition) is 1.